The van der Waals surface area contributed by atoms with Crippen molar-refractivity contribution in [3.8, 4) is 0 Å². The van der Waals surface area contributed by atoms with Crippen LogP contribution in [-0.2, 0) is 4.79 Å². The van der Waals surface area contributed by atoms with Gasteiger partial charge in [0.05, 0.1) is 12.6 Å². The fraction of sp³-hybridized carbons (Fsp3) is 0.417. The Balaban J connectivity index is 1.58. The zero-order chi connectivity index (χ0) is 21.5. The number of carbonyl (C=O) groups excluding carboxylic acids is 2. The molecule has 1 aliphatic rings. The van der Waals surface area contributed by atoms with Gasteiger partial charge in [0.1, 0.15) is 5.82 Å². The van der Waals surface area contributed by atoms with Gasteiger partial charge in [0, 0.05) is 38.3 Å². The summed E-state index contributed by atoms with van der Waals surface area (Å²) in [5.41, 5.74) is 1.62. The molecule has 0 bridgehead atoms. The number of hydrogen-bond donors (Lipinski definition) is 0. The van der Waals surface area contributed by atoms with Crippen LogP contribution in [0, 0.1) is 5.82 Å². The maximum Gasteiger partial charge on any atom is 0.253 e. The van der Waals surface area contributed by atoms with Crippen LogP contribution in [0.5, 0.6) is 0 Å². The first kappa shape index (κ1) is 22.0. The second-order valence-corrected chi connectivity index (χ2v) is 7.70. The molecule has 0 spiro atoms. The molecule has 1 fully saturated rings. The van der Waals surface area contributed by atoms with Gasteiger partial charge < -0.3 is 9.80 Å². The minimum absolute atomic E-state index is 0.0453. The Kier molecular flexibility index (Phi) is 7.57. The van der Waals surface area contributed by atoms with Crippen molar-refractivity contribution in [3.63, 3.8) is 0 Å². The van der Waals surface area contributed by atoms with Crippen LogP contribution in [0.1, 0.15) is 42.2 Å². The molecule has 30 heavy (non-hydrogen) atoms. The maximum absolute atomic E-state index is 13.2. The van der Waals surface area contributed by atoms with Crippen molar-refractivity contribution in [1.82, 2.24) is 14.7 Å². The Labute approximate surface area is 178 Å². The highest BCUT2D eigenvalue weighted by atomic mass is 19.1. The van der Waals surface area contributed by atoms with E-state index in [1.807, 2.05) is 54.0 Å². The summed E-state index contributed by atoms with van der Waals surface area (Å²) >= 11 is 0. The van der Waals surface area contributed by atoms with E-state index < -0.39 is 0 Å². The summed E-state index contributed by atoms with van der Waals surface area (Å²) in [6.45, 7) is 7.61. The Bertz CT molecular complexity index is 841. The number of benzene rings is 2. The number of amides is 2. The van der Waals surface area contributed by atoms with E-state index in [0.29, 0.717) is 38.3 Å². The van der Waals surface area contributed by atoms with Crippen molar-refractivity contribution in [3.05, 3.63) is 71.5 Å². The molecule has 1 atom stereocenters. The largest absolute Gasteiger partial charge is 0.337 e. The average molecular weight is 412 g/mol. The summed E-state index contributed by atoms with van der Waals surface area (Å²) in [6.07, 6.45) is 0.839. The highest BCUT2D eigenvalue weighted by Crippen LogP contribution is 2.21. The minimum Gasteiger partial charge on any atom is -0.337 e. The molecule has 1 saturated heterocycles. The molecule has 0 saturated carbocycles. The van der Waals surface area contributed by atoms with Crippen molar-refractivity contribution in [2.24, 2.45) is 0 Å². The standard InChI is InChI=1S/C24H30FN3O2/c1-3-28(19(2)20-10-12-22(25)13-11-20)23(29)18-26-14-7-15-27(17-16-26)24(30)21-8-5-4-6-9-21/h4-6,8-13,19H,3,7,14-18H2,1-2H3. The first-order valence-corrected chi connectivity index (χ1v) is 10.6. The van der Waals surface area contributed by atoms with Gasteiger partial charge in [0.15, 0.2) is 0 Å². The van der Waals surface area contributed by atoms with Crippen LogP contribution in [0.4, 0.5) is 4.39 Å². The number of likely N-dealkylation sites (N-methyl/N-ethyl adjacent to an activating group) is 1. The topological polar surface area (TPSA) is 43.9 Å². The maximum atomic E-state index is 13.2. The van der Waals surface area contributed by atoms with E-state index in [0.717, 1.165) is 18.5 Å². The van der Waals surface area contributed by atoms with E-state index in [1.165, 1.54) is 12.1 Å². The van der Waals surface area contributed by atoms with Gasteiger partial charge in [-0.3, -0.25) is 14.5 Å². The van der Waals surface area contributed by atoms with Gasteiger partial charge in [-0.15, -0.1) is 0 Å². The fourth-order valence-electron chi connectivity index (χ4n) is 3.96. The molecule has 2 amide bonds. The lowest BCUT2D eigenvalue weighted by atomic mass is 10.1. The van der Waals surface area contributed by atoms with Crippen molar-refractivity contribution in [2.45, 2.75) is 26.3 Å². The Hall–Kier alpha value is -2.73. The predicted molar refractivity (Wildman–Crippen MR) is 116 cm³/mol. The van der Waals surface area contributed by atoms with Crippen molar-refractivity contribution >= 4 is 11.8 Å². The first-order valence-electron chi connectivity index (χ1n) is 10.6. The van der Waals surface area contributed by atoms with Crippen LogP contribution < -0.4 is 0 Å². The molecular weight excluding hydrogens is 381 g/mol. The second kappa shape index (κ2) is 10.3. The SMILES string of the molecule is CCN(C(=O)CN1CCCN(C(=O)c2ccccc2)CC1)C(C)c1ccc(F)cc1. The molecule has 3 rings (SSSR count). The van der Waals surface area contributed by atoms with Gasteiger partial charge in [0.25, 0.3) is 5.91 Å². The number of rotatable bonds is 6. The molecule has 1 heterocycles. The van der Waals surface area contributed by atoms with Gasteiger partial charge in [-0.25, -0.2) is 4.39 Å². The molecule has 5 nitrogen and oxygen atoms in total. The van der Waals surface area contributed by atoms with Gasteiger partial charge in [0.2, 0.25) is 5.91 Å². The lowest BCUT2D eigenvalue weighted by molar-refractivity contribution is -0.134. The molecule has 2 aromatic rings. The van der Waals surface area contributed by atoms with E-state index in [1.54, 1.807) is 12.1 Å². The van der Waals surface area contributed by atoms with Crippen LogP contribution in [0.3, 0.4) is 0 Å². The van der Waals surface area contributed by atoms with Crippen LogP contribution in [0.15, 0.2) is 54.6 Å². The van der Waals surface area contributed by atoms with Gasteiger partial charge >= 0.3 is 0 Å². The van der Waals surface area contributed by atoms with E-state index in [9.17, 15) is 14.0 Å². The summed E-state index contributed by atoms with van der Waals surface area (Å²) in [6, 6.07) is 15.5. The quantitative estimate of drug-likeness (QED) is 0.730. The van der Waals surface area contributed by atoms with Crippen LogP contribution in [0.2, 0.25) is 0 Å². The Morgan fingerprint density at radius 2 is 1.70 bits per heavy atom. The predicted octanol–water partition coefficient (Wildman–Crippen LogP) is 3.58. The fourth-order valence-corrected chi connectivity index (χ4v) is 3.96. The van der Waals surface area contributed by atoms with Gasteiger partial charge in [-0.05, 0) is 50.1 Å². The lowest BCUT2D eigenvalue weighted by Crippen LogP contribution is -2.43. The molecule has 1 unspecified atom stereocenters. The van der Waals surface area contributed by atoms with E-state index in [2.05, 4.69) is 4.90 Å². The first-order chi connectivity index (χ1) is 14.5. The molecule has 6 heteroatoms. The van der Waals surface area contributed by atoms with E-state index in [-0.39, 0.29) is 23.7 Å². The van der Waals surface area contributed by atoms with Gasteiger partial charge in [-0.2, -0.15) is 0 Å². The second-order valence-electron chi connectivity index (χ2n) is 7.70. The highest BCUT2D eigenvalue weighted by molar-refractivity contribution is 5.94. The van der Waals surface area contributed by atoms with Crippen LogP contribution >= 0.6 is 0 Å². The molecule has 160 valence electrons. The molecular formula is C24H30FN3O2. The molecule has 0 N–H and O–H groups in total. The van der Waals surface area contributed by atoms with E-state index >= 15 is 0 Å². The van der Waals surface area contributed by atoms with Crippen molar-refractivity contribution in [2.75, 3.05) is 39.3 Å². The van der Waals surface area contributed by atoms with Crippen LogP contribution in [-0.4, -0.2) is 65.8 Å². The highest BCUT2D eigenvalue weighted by Gasteiger charge is 2.25. The molecule has 0 radical (unpaired) electrons. The zero-order valence-electron chi connectivity index (χ0n) is 17.8. The summed E-state index contributed by atoms with van der Waals surface area (Å²) in [5, 5.41) is 0. The molecule has 1 aliphatic heterocycles. The smallest absolute Gasteiger partial charge is 0.253 e. The zero-order valence-corrected chi connectivity index (χ0v) is 17.8. The third-order valence-corrected chi connectivity index (χ3v) is 5.74. The molecule has 0 aromatic heterocycles. The van der Waals surface area contributed by atoms with Crippen LogP contribution in [0.25, 0.3) is 0 Å². The minimum atomic E-state index is -0.278. The Morgan fingerprint density at radius 1 is 1.00 bits per heavy atom. The summed E-state index contributed by atoms with van der Waals surface area (Å²) in [7, 11) is 0. The lowest BCUT2D eigenvalue weighted by Gasteiger charge is -2.31. The number of hydrogen-bond acceptors (Lipinski definition) is 3. The molecule has 0 aliphatic carbocycles. The summed E-state index contributed by atoms with van der Waals surface area (Å²) in [4.78, 5) is 31.5. The number of halogens is 1. The number of nitrogens with zero attached hydrogens (tertiary/aromatic N) is 3. The average Bonchev–Trinajstić information content (AvgIpc) is 3.00. The normalized spacial score (nSPS) is 16.0. The van der Waals surface area contributed by atoms with Crippen molar-refractivity contribution < 1.29 is 14.0 Å². The van der Waals surface area contributed by atoms with Gasteiger partial charge in [-0.1, -0.05) is 30.3 Å². The van der Waals surface area contributed by atoms with E-state index in [4.69, 9.17) is 0 Å². The Morgan fingerprint density at radius 3 is 2.37 bits per heavy atom. The summed E-state index contributed by atoms with van der Waals surface area (Å²) in [5.74, 6) is -0.180. The third kappa shape index (κ3) is 5.45. The van der Waals surface area contributed by atoms with Crippen molar-refractivity contribution in [1.29, 1.82) is 0 Å². The number of carbonyl (C=O) groups is 2. The third-order valence-electron chi connectivity index (χ3n) is 5.74. The molecule has 2 aromatic carbocycles. The summed E-state index contributed by atoms with van der Waals surface area (Å²) < 4.78 is 13.2. The monoisotopic (exact) mass is 411 g/mol.